The number of carbonyl (C=O) groups is 2. The van der Waals surface area contributed by atoms with E-state index in [0.717, 1.165) is 0 Å². The van der Waals surface area contributed by atoms with Gasteiger partial charge in [-0.1, -0.05) is 11.6 Å². The summed E-state index contributed by atoms with van der Waals surface area (Å²) >= 11 is 5.81. The summed E-state index contributed by atoms with van der Waals surface area (Å²) in [4.78, 5) is 29.6. The van der Waals surface area contributed by atoms with Crippen molar-refractivity contribution in [1.29, 1.82) is 0 Å². The monoisotopic (exact) mass is 311 g/mol. The first-order valence-electron chi connectivity index (χ1n) is 6.67. The molecule has 2 aliphatic heterocycles. The van der Waals surface area contributed by atoms with Crippen molar-refractivity contribution in [3.63, 3.8) is 0 Å². The zero-order chi connectivity index (χ0) is 15.3. The molecule has 112 valence electrons. The highest BCUT2D eigenvalue weighted by Crippen LogP contribution is 2.36. The third-order valence-corrected chi connectivity index (χ3v) is 4.19. The lowest BCUT2D eigenvalue weighted by atomic mass is 10.2. The molecule has 2 heterocycles. The van der Waals surface area contributed by atoms with Crippen LogP contribution in [0.5, 0.6) is 0 Å². The van der Waals surface area contributed by atoms with Crippen molar-refractivity contribution in [2.24, 2.45) is 0 Å². The molecule has 1 aromatic rings. The van der Waals surface area contributed by atoms with E-state index in [4.69, 9.17) is 11.6 Å². The van der Waals surface area contributed by atoms with Crippen molar-refractivity contribution in [3.05, 3.63) is 29.0 Å². The summed E-state index contributed by atoms with van der Waals surface area (Å²) in [5, 5.41) is -0.0452. The van der Waals surface area contributed by atoms with E-state index in [2.05, 4.69) is 0 Å². The molecule has 0 saturated carbocycles. The largest absolute Gasteiger partial charge is 0.297 e. The quantitative estimate of drug-likeness (QED) is 0.834. The summed E-state index contributed by atoms with van der Waals surface area (Å²) in [6.45, 7) is 0. The van der Waals surface area contributed by atoms with Gasteiger partial charge in [0.1, 0.15) is 11.9 Å². The highest BCUT2D eigenvalue weighted by Gasteiger charge is 2.53. The van der Waals surface area contributed by atoms with Gasteiger partial charge >= 0.3 is 0 Å². The van der Waals surface area contributed by atoms with Crippen molar-refractivity contribution < 1.29 is 14.0 Å². The van der Waals surface area contributed by atoms with Gasteiger partial charge in [0.25, 0.3) is 5.91 Å². The number of anilines is 1. The van der Waals surface area contributed by atoms with Crippen LogP contribution < -0.4 is 4.90 Å². The van der Waals surface area contributed by atoms with Crippen LogP contribution in [0, 0.1) is 5.82 Å². The molecule has 5 nitrogen and oxygen atoms in total. The average Bonchev–Trinajstić information content (AvgIpc) is 2.93. The molecule has 7 heteroatoms. The van der Waals surface area contributed by atoms with Crippen LogP contribution in [-0.2, 0) is 9.59 Å². The summed E-state index contributed by atoms with van der Waals surface area (Å²) < 4.78 is 13.3. The molecule has 2 saturated heterocycles. The van der Waals surface area contributed by atoms with Crippen LogP contribution >= 0.6 is 11.6 Å². The predicted molar refractivity (Wildman–Crippen MR) is 76.2 cm³/mol. The number of halogens is 2. The number of hydrogen-bond donors (Lipinski definition) is 0. The van der Waals surface area contributed by atoms with Gasteiger partial charge in [0.05, 0.1) is 5.02 Å². The van der Waals surface area contributed by atoms with E-state index in [-0.39, 0.29) is 16.8 Å². The molecule has 0 spiro atoms. The molecular weight excluding hydrogens is 297 g/mol. The lowest BCUT2D eigenvalue weighted by molar-refractivity contribution is -0.133. The molecule has 0 aromatic heterocycles. The molecule has 0 radical (unpaired) electrons. The Hall–Kier alpha value is -1.66. The molecule has 2 amide bonds. The Bertz CT molecular complexity index is 622. The van der Waals surface area contributed by atoms with Crippen LogP contribution in [0.4, 0.5) is 10.1 Å². The normalized spacial score (nSPS) is 25.2. The van der Waals surface area contributed by atoms with Crippen LogP contribution in [0.3, 0.4) is 0 Å². The molecule has 0 bridgehead atoms. The maximum atomic E-state index is 13.3. The summed E-state index contributed by atoms with van der Waals surface area (Å²) in [5.41, 5.74) is 0.493. The Balaban J connectivity index is 2.05. The summed E-state index contributed by atoms with van der Waals surface area (Å²) in [6, 6.07) is 3.71. The number of carbonyl (C=O) groups excluding carboxylic acids is 2. The molecule has 0 aliphatic carbocycles. The third kappa shape index (κ3) is 2.10. The fourth-order valence-corrected chi connectivity index (χ4v) is 3.18. The SMILES string of the molecule is CN(C)[C@H]1N(c2ccc(F)c(Cl)c2)C(=O)[C@@H]2CCC(=O)N21. The molecule has 0 N–H and O–H groups in total. The lowest BCUT2D eigenvalue weighted by Crippen LogP contribution is -2.51. The van der Waals surface area contributed by atoms with E-state index in [1.807, 2.05) is 0 Å². The van der Waals surface area contributed by atoms with Gasteiger partial charge in [0.2, 0.25) is 5.91 Å². The number of benzene rings is 1. The van der Waals surface area contributed by atoms with E-state index in [1.54, 1.807) is 23.9 Å². The van der Waals surface area contributed by atoms with E-state index in [9.17, 15) is 14.0 Å². The summed E-state index contributed by atoms with van der Waals surface area (Å²) in [7, 11) is 3.59. The first-order valence-corrected chi connectivity index (χ1v) is 7.05. The standard InChI is InChI=1S/C14H15ClFN3O2/c1-17(2)14-18(8-3-4-10(16)9(15)7-8)13(21)11-5-6-12(20)19(11)14/h3-4,7,11,14H,5-6H2,1-2H3/t11-,14-/m0/s1. The minimum absolute atomic E-state index is 0.0391. The third-order valence-electron chi connectivity index (χ3n) is 3.90. The highest BCUT2D eigenvalue weighted by atomic mass is 35.5. The van der Waals surface area contributed by atoms with Crippen LogP contribution in [0.15, 0.2) is 18.2 Å². The molecule has 3 rings (SSSR count). The second-order valence-corrected chi connectivity index (χ2v) is 5.88. The topological polar surface area (TPSA) is 43.9 Å². The Morgan fingerprint density at radius 3 is 2.67 bits per heavy atom. The Morgan fingerprint density at radius 2 is 2.05 bits per heavy atom. The Labute approximate surface area is 126 Å². The van der Waals surface area contributed by atoms with Crippen molar-refractivity contribution in [2.45, 2.75) is 25.2 Å². The summed E-state index contributed by atoms with van der Waals surface area (Å²) in [5.74, 6) is -0.727. The van der Waals surface area contributed by atoms with Crippen LogP contribution in [0.25, 0.3) is 0 Å². The molecule has 2 aliphatic rings. The number of hydrogen-bond acceptors (Lipinski definition) is 3. The smallest absolute Gasteiger partial charge is 0.252 e. The predicted octanol–water partition coefficient (Wildman–Crippen LogP) is 1.66. The van der Waals surface area contributed by atoms with Gasteiger partial charge in [0, 0.05) is 12.1 Å². The van der Waals surface area contributed by atoms with Gasteiger partial charge in [0.15, 0.2) is 6.29 Å². The van der Waals surface area contributed by atoms with E-state index >= 15 is 0 Å². The van der Waals surface area contributed by atoms with E-state index < -0.39 is 18.1 Å². The number of fused-ring (bicyclic) bond motifs is 1. The second kappa shape index (κ2) is 4.96. The molecule has 2 atom stereocenters. The number of rotatable bonds is 2. The number of nitrogens with zero attached hydrogens (tertiary/aromatic N) is 3. The van der Waals surface area contributed by atoms with Crippen LogP contribution in [0.1, 0.15) is 12.8 Å². The molecule has 1 aromatic carbocycles. The van der Waals surface area contributed by atoms with E-state index in [1.165, 1.54) is 23.1 Å². The fraction of sp³-hybridized carbons (Fsp3) is 0.429. The van der Waals surface area contributed by atoms with Crippen molar-refractivity contribution >= 4 is 29.1 Å². The van der Waals surface area contributed by atoms with Gasteiger partial charge in [-0.2, -0.15) is 0 Å². The highest BCUT2D eigenvalue weighted by molar-refractivity contribution is 6.31. The van der Waals surface area contributed by atoms with Gasteiger partial charge < -0.3 is 0 Å². The van der Waals surface area contributed by atoms with Gasteiger partial charge in [-0.05, 0) is 38.7 Å². The maximum absolute atomic E-state index is 13.3. The van der Waals surface area contributed by atoms with Crippen LogP contribution in [-0.4, -0.2) is 48.0 Å². The molecular formula is C14H15ClFN3O2. The summed E-state index contributed by atoms with van der Waals surface area (Å²) in [6.07, 6.45) is 0.408. The van der Waals surface area contributed by atoms with Crippen molar-refractivity contribution in [2.75, 3.05) is 19.0 Å². The van der Waals surface area contributed by atoms with Crippen molar-refractivity contribution in [3.8, 4) is 0 Å². The Morgan fingerprint density at radius 1 is 1.33 bits per heavy atom. The molecule has 21 heavy (non-hydrogen) atoms. The minimum Gasteiger partial charge on any atom is -0.297 e. The van der Waals surface area contributed by atoms with Crippen molar-refractivity contribution in [1.82, 2.24) is 9.80 Å². The maximum Gasteiger partial charge on any atom is 0.252 e. The average molecular weight is 312 g/mol. The van der Waals surface area contributed by atoms with Gasteiger partial charge in [-0.25, -0.2) is 4.39 Å². The zero-order valence-electron chi connectivity index (χ0n) is 11.7. The zero-order valence-corrected chi connectivity index (χ0v) is 12.5. The minimum atomic E-state index is -0.537. The Kier molecular flexibility index (Phi) is 3.37. The lowest BCUT2D eigenvalue weighted by Gasteiger charge is -2.34. The van der Waals surface area contributed by atoms with E-state index in [0.29, 0.717) is 18.5 Å². The number of amides is 2. The second-order valence-electron chi connectivity index (χ2n) is 5.47. The van der Waals surface area contributed by atoms with Gasteiger partial charge in [-0.3, -0.25) is 24.3 Å². The first kappa shape index (κ1) is 14.3. The van der Waals surface area contributed by atoms with Gasteiger partial charge in [-0.15, -0.1) is 0 Å². The molecule has 2 fully saturated rings. The fourth-order valence-electron chi connectivity index (χ4n) is 3.01. The van der Waals surface area contributed by atoms with Crippen LogP contribution in [0.2, 0.25) is 5.02 Å². The molecule has 0 unspecified atom stereocenters. The first-order chi connectivity index (χ1) is 9.91.